The highest BCUT2D eigenvalue weighted by molar-refractivity contribution is 6.30. The Hall–Kier alpha value is -0.970. The largest absolute Gasteiger partial charge is 0.337 e. The smallest absolute Gasteiger partial charge is 0.319 e. The molecule has 2 rings (SSSR count). The molecule has 0 radical (unpaired) electrons. The number of rotatable bonds is 4. The number of amides is 2. The minimum Gasteiger partial charge on any atom is -0.337 e. The number of nitrogens with zero attached hydrogens (tertiary/aromatic N) is 1. The van der Waals surface area contributed by atoms with Gasteiger partial charge in [-0.2, -0.15) is 0 Å². The van der Waals surface area contributed by atoms with Crippen molar-refractivity contribution in [2.45, 2.75) is 19.3 Å². The van der Waals surface area contributed by atoms with Crippen molar-refractivity contribution in [2.24, 2.45) is 0 Å². The maximum Gasteiger partial charge on any atom is 0.319 e. The van der Waals surface area contributed by atoms with Crippen molar-refractivity contribution in [3.05, 3.63) is 29.3 Å². The highest BCUT2D eigenvalue weighted by Gasteiger charge is 2.09. The van der Waals surface area contributed by atoms with Crippen molar-refractivity contribution < 1.29 is 4.79 Å². The summed E-state index contributed by atoms with van der Waals surface area (Å²) in [6.45, 7) is 3.89. The van der Waals surface area contributed by atoms with E-state index in [2.05, 4.69) is 15.5 Å². The van der Waals surface area contributed by atoms with E-state index in [-0.39, 0.29) is 18.4 Å². The van der Waals surface area contributed by atoms with Gasteiger partial charge in [0.1, 0.15) is 0 Å². The zero-order valence-electron chi connectivity index (χ0n) is 11.4. The Morgan fingerprint density at radius 2 is 2.00 bits per heavy atom. The number of hydrogen-bond acceptors (Lipinski definition) is 2. The first-order chi connectivity index (χ1) is 9.24. The molecule has 0 spiro atoms. The van der Waals surface area contributed by atoms with Gasteiger partial charge in [-0.25, -0.2) is 4.79 Å². The Balaban J connectivity index is 0.00000200. The summed E-state index contributed by atoms with van der Waals surface area (Å²) in [5.74, 6) is 0. The SMILES string of the molecule is Cl.O=C(NCCN1CCCCC1)Nc1cccc(Cl)c1. The van der Waals surface area contributed by atoms with Crippen LogP contribution < -0.4 is 10.6 Å². The molecule has 1 aromatic rings. The van der Waals surface area contributed by atoms with Crippen LogP contribution in [0.1, 0.15) is 19.3 Å². The minimum atomic E-state index is -0.181. The lowest BCUT2D eigenvalue weighted by Gasteiger charge is -2.26. The molecule has 112 valence electrons. The molecular weight excluding hydrogens is 297 g/mol. The zero-order valence-corrected chi connectivity index (χ0v) is 13.0. The molecule has 0 aromatic heterocycles. The predicted molar refractivity (Wildman–Crippen MR) is 86.0 cm³/mol. The van der Waals surface area contributed by atoms with E-state index < -0.39 is 0 Å². The first kappa shape index (κ1) is 17.1. The van der Waals surface area contributed by atoms with Crippen molar-refractivity contribution in [3.63, 3.8) is 0 Å². The maximum atomic E-state index is 11.7. The molecule has 1 aromatic carbocycles. The van der Waals surface area contributed by atoms with Crippen LogP contribution in [0.5, 0.6) is 0 Å². The van der Waals surface area contributed by atoms with E-state index in [4.69, 9.17) is 11.6 Å². The standard InChI is InChI=1S/C14H20ClN3O.ClH/c15-12-5-4-6-13(11-12)17-14(19)16-7-10-18-8-2-1-3-9-18;/h4-6,11H,1-3,7-10H2,(H2,16,17,19);1H. The summed E-state index contributed by atoms with van der Waals surface area (Å²) < 4.78 is 0. The monoisotopic (exact) mass is 317 g/mol. The molecule has 1 fully saturated rings. The second-order valence-electron chi connectivity index (χ2n) is 4.79. The average Bonchev–Trinajstić information content (AvgIpc) is 2.40. The Labute approximate surface area is 131 Å². The third-order valence-electron chi connectivity index (χ3n) is 3.24. The van der Waals surface area contributed by atoms with E-state index >= 15 is 0 Å². The van der Waals surface area contributed by atoms with Crippen molar-refractivity contribution in [3.8, 4) is 0 Å². The number of urea groups is 1. The molecule has 1 aliphatic heterocycles. The van der Waals surface area contributed by atoms with Crippen LogP contribution in [-0.2, 0) is 0 Å². The molecule has 20 heavy (non-hydrogen) atoms. The van der Waals surface area contributed by atoms with Crippen molar-refractivity contribution >= 4 is 35.7 Å². The van der Waals surface area contributed by atoms with E-state index in [0.717, 1.165) is 19.6 Å². The van der Waals surface area contributed by atoms with Crippen LogP contribution >= 0.6 is 24.0 Å². The van der Waals surface area contributed by atoms with Crippen LogP contribution in [0, 0.1) is 0 Å². The number of anilines is 1. The summed E-state index contributed by atoms with van der Waals surface area (Å²) in [4.78, 5) is 14.1. The van der Waals surface area contributed by atoms with Gasteiger partial charge >= 0.3 is 6.03 Å². The molecule has 1 saturated heterocycles. The van der Waals surface area contributed by atoms with E-state index in [1.54, 1.807) is 12.1 Å². The number of hydrogen-bond donors (Lipinski definition) is 2. The summed E-state index contributed by atoms with van der Waals surface area (Å²) in [6, 6.07) is 6.95. The third kappa shape index (κ3) is 5.99. The second kappa shape index (κ2) is 9.06. The van der Waals surface area contributed by atoms with Gasteiger partial charge in [0.25, 0.3) is 0 Å². The average molecular weight is 318 g/mol. The van der Waals surface area contributed by atoms with Gasteiger partial charge < -0.3 is 15.5 Å². The van der Waals surface area contributed by atoms with Crippen molar-refractivity contribution in [2.75, 3.05) is 31.5 Å². The number of benzene rings is 1. The summed E-state index contributed by atoms with van der Waals surface area (Å²) in [5.41, 5.74) is 0.711. The fourth-order valence-corrected chi connectivity index (χ4v) is 2.44. The molecular formula is C14H21Cl2N3O. The summed E-state index contributed by atoms with van der Waals surface area (Å²) in [5, 5.41) is 6.25. The molecule has 2 N–H and O–H groups in total. The highest BCUT2D eigenvalue weighted by atomic mass is 35.5. The van der Waals surface area contributed by atoms with Crippen molar-refractivity contribution in [1.29, 1.82) is 0 Å². The Kier molecular flexibility index (Phi) is 7.73. The lowest BCUT2D eigenvalue weighted by Crippen LogP contribution is -2.39. The number of carbonyl (C=O) groups is 1. The summed E-state index contributed by atoms with van der Waals surface area (Å²) in [7, 11) is 0. The molecule has 0 unspecified atom stereocenters. The Morgan fingerprint density at radius 3 is 2.70 bits per heavy atom. The molecule has 4 nitrogen and oxygen atoms in total. The topological polar surface area (TPSA) is 44.4 Å². The van der Waals surface area contributed by atoms with Gasteiger partial charge in [0.2, 0.25) is 0 Å². The van der Waals surface area contributed by atoms with Gasteiger partial charge in [-0.3, -0.25) is 0 Å². The predicted octanol–water partition coefficient (Wildman–Crippen LogP) is 3.37. The summed E-state index contributed by atoms with van der Waals surface area (Å²) in [6.07, 6.45) is 3.88. The van der Waals surface area contributed by atoms with E-state index in [0.29, 0.717) is 17.3 Å². The normalized spacial score (nSPS) is 15.2. The zero-order chi connectivity index (χ0) is 13.5. The van der Waals surface area contributed by atoms with E-state index in [1.807, 2.05) is 12.1 Å². The first-order valence-electron chi connectivity index (χ1n) is 6.77. The number of carbonyl (C=O) groups excluding carboxylic acids is 1. The van der Waals surface area contributed by atoms with Gasteiger partial charge in [0, 0.05) is 23.8 Å². The van der Waals surface area contributed by atoms with Crippen LogP contribution in [0.2, 0.25) is 5.02 Å². The van der Waals surface area contributed by atoms with Gasteiger partial charge in [-0.1, -0.05) is 24.1 Å². The summed E-state index contributed by atoms with van der Waals surface area (Å²) >= 11 is 5.86. The second-order valence-corrected chi connectivity index (χ2v) is 5.23. The molecule has 2 amide bonds. The molecule has 0 aliphatic carbocycles. The molecule has 6 heteroatoms. The molecule has 0 bridgehead atoms. The van der Waals surface area contributed by atoms with Crippen molar-refractivity contribution in [1.82, 2.24) is 10.2 Å². The van der Waals surface area contributed by atoms with Gasteiger partial charge in [-0.05, 0) is 44.1 Å². The molecule has 1 heterocycles. The number of halogens is 2. The fourth-order valence-electron chi connectivity index (χ4n) is 2.25. The number of nitrogens with one attached hydrogen (secondary N) is 2. The molecule has 1 aliphatic rings. The van der Waals surface area contributed by atoms with Crippen LogP contribution in [0.15, 0.2) is 24.3 Å². The van der Waals surface area contributed by atoms with Crippen LogP contribution in [0.3, 0.4) is 0 Å². The molecule has 0 atom stereocenters. The van der Waals surface area contributed by atoms with E-state index in [1.165, 1.54) is 19.3 Å². The lowest BCUT2D eigenvalue weighted by atomic mass is 10.1. The number of likely N-dealkylation sites (tertiary alicyclic amines) is 1. The molecule has 0 saturated carbocycles. The quantitative estimate of drug-likeness (QED) is 0.894. The van der Waals surface area contributed by atoms with Gasteiger partial charge in [0.05, 0.1) is 0 Å². The fraction of sp³-hybridized carbons (Fsp3) is 0.500. The lowest BCUT2D eigenvalue weighted by molar-refractivity contribution is 0.224. The maximum absolute atomic E-state index is 11.7. The van der Waals surface area contributed by atoms with Gasteiger partial charge in [-0.15, -0.1) is 12.4 Å². The van der Waals surface area contributed by atoms with Crippen LogP contribution in [0.25, 0.3) is 0 Å². The minimum absolute atomic E-state index is 0. The Morgan fingerprint density at radius 1 is 1.25 bits per heavy atom. The van der Waals surface area contributed by atoms with E-state index in [9.17, 15) is 4.79 Å². The third-order valence-corrected chi connectivity index (χ3v) is 3.48. The highest BCUT2D eigenvalue weighted by Crippen LogP contribution is 2.14. The first-order valence-corrected chi connectivity index (χ1v) is 7.14. The number of piperidine rings is 1. The van der Waals surface area contributed by atoms with Crippen LogP contribution in [-0.4, -0.2) is 37.1 Å². The van der Waals surface area contributed by atoms with Gasteiger partial charge in [0.15, 0.2) is 0 Å². The van der Waals surface area contributed by atoms with Crippen LogP contribution in [0.4, 0.5) is 10.5 Å². The Bertz CT molecular complexity index is 423.